The Morgan fingerprint density at radius 3 is 2.76 bits per heavy atom. The summed E-state index contributed by atoms with van der Waals surface area (Å²) in [7, 11) is 0. The molecule has 0 spiro atoms. The summed E-state index contributed by atoms with van der Waals surface area (Å²) < 4.78 is 5.83. The van der Waals surface area contributed by atoms with Crippen LogP contribution in [0.3, 0.4) is 0 Å². The molecule has 0 saturated carbocycles. The highest BCUT2D eigenvalue weighted by Gasteiger charge is 2.23. The molecule has 0 amide bonds. The van der Waals surface area contributed by atoms with Crippen molar-refractivity contribution in [2.24, 2.45) is 0 Å². The summed E-state index contributed by atoms with van der Waals surface area (Å²) in [6.45, 7) is 3.00. The van der Waals surface area contributed by atoms with Crippen LogP contribution in [-0.4, -0.2) is 24.4 Å². The lowest BCUT2D eigenvalue weighted by Gasteiger charge is -2.25. The molecule has 3 nitrogen and oxygen atoms in total. The van der Waals surface area contributed by atoms with Gasteiger partial charge in [-0.05, 0) is 43.0 Å². The first-order valence-corrected chi connectivity index (χ1v) is 9.47. The van der Waals surface area contributed by atoms with E-state index >= 15 is 0 Å². The van der Waals surface area contributed by atoms with Crippen LogP contribution >= 0.6 is 11.6 Å². The second-order valence-corrected chi connectivity index (χ2v) is 7.29. The van der Waals surface area contributed by atoms with E-state index in [4.69, 9.17) is 16.3 Å². The highest BCUT2D eigenvalue weighted by molar-refractivity contribution is 6.30. The van der Waals surface area contributed by atoms with E-state index in [1.54, 1.807) is 0 Å². The molecule has 2 aromatic rings. The average molecular weight is 361 g/mol. The van der Waals surface area contributed by atoms with Crippen molar-refractivity contribution in [3.63, 3.8) is 0 Å². The molecule has 1 aliphatic rings. The molecule has 3 atom stereocenters. The van der Waals surface area contributed by atoms with Crippen LogP contribution in [-0.2, 0) is 11.2 Å². The Balaban J connectivity index is 1.46. The number of hydrogen-bond donors (Lipinski definition) is 2. The van der Waals surface area contributed by atoms with Crippen molar-refractivity contribution >= 4 is 11.6 Å². The van der Waals surface area contributed by atoms with Crippen LogP contribution < -0.4 is 5.32 Å². The van der Waals surface area contributed by atoms with Gasteiger partial charge in [0.25, 0.3) is 0 Å². The Morgan fingerprint density at radius 1 is 1.20 bits per heavy atom. The quantitative estimate of drug-likeness (QED) is 0.794. The average Bonchev–Trinajstić information content (AvgIpc) is 2.65. The SMILES string of the molecule is C[C@H](OC[C@H](O)C[NH2+][C@@H]1CCCc2ccccc21)c1ccc(Cl)cc1. The third kappa shape index (κ3) is 5.05. The van der Waals surface area contributed by atoms with Gasteiger partial charge in [-0.2, -0.15) is 0 Å². The lowest BCUT2D eigenvalue weighted by molar-refractivity contribution is -0.703. The van der Waals surface area contributed by atoms with Crippen LogP contribution in [0.5, 0.6) is 0 Å². The molecule has 0 aliphatic heterocycles. The highest BCUT2D eigenvalue weighted by atomic mass is 35.5. The number of aryl methyl sites for hydroxylation is 1. The molecule has 0 fully saturated rings. The molecular formula is C21H27ClNO2+. The van der Waals surface area contributed by atoms with Gasteiger partial charge in [0.2, 0.25) is 0 Å². The smallest absolute Gasteiger partial charge is 0.126 e. The van der Waals surface area contributed by atoms with Gasteiger partial charge in [-0.25, -0.2) is 0 Å². The van der Waals surface area contributed by atoms with E-state index in [1.807, 2.05) is 31.2 Å². The standard InChI is InChI=1S/C21H26ClNO2/c1-15(16-9-11-18(22)12-10-16)25-14-19(24)13-23-21-8-4-6-17-5-2-3-7-20(17)21/h2-3,5,7,9-12,15,19,21,23-24H,4,6,8,13-14H2,1H3/p+1/t15-,19+,21+/m0/s1. The van der Waals surface area contributed by atoms with Gasteiger partial charge in [-0.15, -0.1) is 0 Å². The number of aliphatic hydroxyl groups is 1. The van der Waals surface area contributed by atoms with Gasteiger partial charge in [0.15, 0.2) is 0 Å². The molecular weight excluding hydrogens is 334 g/mol. The van der Waals surface area contributed by atoms with E-state index in [9.17, 15) is 5.11 Å². The second-order valence-electron chi connectivity index (χ2n) is 6.85. The summed E-state index contributed by atoms with van der Waals surface area (Å²) in [5.41, 5.74) is 3.95. The molecule has 0 unspecified atom stereocenters. The molecule has 0 bridgehead atoms. The van der Waals surface area contributed by atoms with Crippen LogP contribution in [0.15, 0.2) is 48.5 Å². The van der Waals surface area contributed by atoms with Crippen molar-refractivity contribution in [3.8, 4) is 0 Å². The topological polar surface area (TPSA) is 46.1 Å². The largest absolute Gasteiger partial charge is 0.385 e. The zero-order valence-electron chi connectivity index (χ0n) is 14.7. The summed E-state index contributed by atoms with van der Waals surface area (Å²) >= 11 is 5.91. The van der Waals surface area contributed by atoms with E-state index in [0.717, 1.165) is 10.6 Å². The van der Waals surface area contributed by atoms with Gasteiger partial charge in [-0.3, -0.25) is 0 Å². The summed E-state index contributed by atoms with van der Waals surface area (Å²) in [6, 6.07) is 16.8. The lowest BCUT2D eigenvalue weighted by atomic mass is 9.88. The van der Waals surface area contributed by atoms with Gasteiger partial charge >= 0.3 is 0 Å². The van der Waals surface area contributed by atoms with Crippen molar-refractivity contribution in [2.75, 3.05) is 13.2 Å². The van der Waals surface area contributed by atoms with E-state index in [1.165, 1.54) is 30.4 Å². The molecule has 0 radical (unpaired) electrons. The molecule has 0 aromatic heterocycles. The van der Waals surface area contributed by atoms with E-state index in [0.29, 0.717) is 19.2 Å². The second kappa shape index (κ2) is 8.81. The number of ether oxygens (including phenoxy) is 1. The third-order valence-corrected chi connectivity index (χ3v) is 5.24. The Bertz CT molecular complexity index is 674. The monoisotopic (exact) mass is 360 g/mol. The van der Waals surface area contributed by atoms with Gasteiger partial charge in [0, 0.05) is 17.0 Å². The van der Waals surface area contributed by atoms with E-state index < -0.39 is 6.10 Å². The predicted octanol–water partition coefficient (Wildman–Crippen LogP) is 3.42. The summed E-state index contributed by atoms with van der Waals surface area (Å²) in [6.07, 6.45) is 3.04. The fourth-order valence-electron chi connectivity index (χ4n) is 3.51. The minimum atomic E-state index is -0.469. The molecule has 25 heavy (non-hydrogen) atoms. The molecule has 0 saturated heterocycles. The van der Waals surface area contributed by atoms with Crippen LogP contribution in [0.1, 0.15) is 48.6 Å². The molecule has 134 valence electrons. The van der Waals surface area contributed by atoms with Gasteiger partial charge in [-0.1, -0.05) is 48.0 Å². The van der Waals surface area contributed by atoms with Gasteiger partial charge in [0.05, 0.1) is 12.7 Å². The first-order chi connectivity index (χ1) is 12.1. The number of rotatable bonds is 7. The fourth-order valence-corrected chi connectivity index (χ4v) is 3.64. The number of fused-ring (bicyclic) bond motifs is 1. The minimum absolute atomic E-state index is 0.0534. The first kappa shape index (κ1) is 18.4. The van der Waals surface area contributed by atoms with Crippen molar-refractivity contribution in [3.05, 3.63) is 70.2 Å². The molecule has 3 rings (SSSR count). The molecule has 2 aromatic carbocycles. The van der Waals surface area contributed by atoms with Crippen LogP contribution in [0, 0.1) is 0 Å². The van der Waals surface area contributed by atoms with E-state index in [2.05, 4.69) is 29.6 Å². The first-order valence-electron chi connectivity index (χ1n) is 9.09. The molecule has 4 heteroatoms. The van der Waals surface area contributed by atoms with E-state index in [-0.39, 0.29) is 6.10 Å². The maximum absolute atomic E-state index is 10.3. The molecule has 0 heterocycles. The molecule has 3 N–H and O–H groups in total. The Hall–Kier alpha value is -1.39. The zero-order valence-corrected chi connectivity index (χ0v) is 15.5. The zero-order chi connectivity index (χ0) is 17.6. The summed E-state index contributed by atoms with van der Waals surface area (Å²) in [5, 5.41) is 13.3. The highest BCUT2D eigenvalue weighted by Crippen LogP contribution is 2.26. The third-order valence-electron chi connectivity index (χ3n) is 4.99. The number of nitrogens with two attached hydrogens (primary N) is 1. The Morgan fingerprint density at radius 2 is 1.96 bits per heavy atom. The fraction of sp³-hybridized carbons (Fsp3) is 0.429. The van der Waals surface area contributed by atoms with Gasteiger partial charge in [0.1, 0.15) is 18.7 Å². The van der Waals surface area contributed by atoms with Gasteiger partial charge < -0.3 is 15.2 Å². The predicted molar refractivity (Wildman–Crippen MR) is 101 cm³/mol. The van der Waals surface area contributed by atoms with Crippen molar-refractivity contribution in [2.45, 2.75) is 44.4 Å². The van der Waals surface area contributed by atoms with Crippen LogP contribution in [0.4, 0.5) is 0 Å². The van der Waals surface area contributed by atoms with Crippen LogP contribution in [0.2, 0.25) is 5.02 Å². The van der Waals surface area contributed by atoms with Crippen molar-refractivity contribution < 1.29 is 15.2 Å². The summed E-state index contributed by atoms with van der Waals surface area (Å²) in [5.74, 6) is 0. The van der Waals surface area contributed by atoms with Crippen molar-refractivity contribution in [1.29, 1.82) is 0 Å². The maximum Gasteiger partial charge on any atom is 0.126 e. The number of benzene rings is 2. The maximum atomic E-state index is 10.3. The summed E-state index contributed by atoms with van der Waals surface area (Å²) in [4.78, 5) is 0. The molecule has 1 aliphatic carbocycles. The minimum Gasteiger partial charge on any atom is -0.385 e. The number of quaternary nitrogens is 1. The number of hydrogen-bond acceptors (Lipinski definition) is 2. The number of halogens is 1. The lowest BCUT2D eigenvalue weighted by Crippen LogP contribution is -2.87. The number of aliphatic hydroxyl groups excluding tert-OH is 1. The Labute approximate surface area is 155 Å². The normalized spacial score (nSPS) is 19.2. The Kier molecular flexibility index (Phi) is 6.49. The van der Waals surface area contributed by atoms with Crippen molar-refractivity contribution in [1.82, 2.24) is 0 Å². The van der Waals surface area contributed by atoms with Crippen LogP contribution in [0.25, 0.3) is 0 Å².